The second kappa shape index (κ2) is 5.45. The summed E-state index contributed by atoms with van der Waals surface area (Å²) in [6.45, 7) is 1.15. The first-order valence-electron chi connectivity index (χ1n) is 8.77. The van der Waals surface area contributed by atoms with E-state index in [4.69, 9.17) is 18.9 Å². The highest BCUT2D eigenvalue weighted by Crippen LogP contribution is 2.60. The van der Waals surface area contributed by atoms with E-state index in [9.17, 15) is 5.11 Å². The van der Waals surface area contributed by atoms with E-state index in [-0.39, 0.29) is 18.6 Å². The number of phenolic OH excluding ortho intramolecular Hbond substituents is 1. The number of nitrogens with zero attached hydrogens (tertiary/aromatic N) is 1. The van der Waals surface area contributed by atoms with E-state index < -0.39 is 0 Å². The van der Waals surface area contributed by atoms with E-state index >= 15 is 0 Å². The maximum absolute atomic E-state index is 10.9. The summed E-state index contributed by atoms with van der Waals surface area (Å²) in [5, 5.41) is 10.9. The molecule has 26 heavy (non-hydrogen) atoms. The fraction of sp³-hybridized carbons (Fsp3) is 0.400. The molecule has 1 atom stereocenters. The van der Waals surface area contributed by atoms with Gasteiger partial charge in [-0.2, -0.15) is 0 Å². The molecule has 2 aliphatic heterocycles. The molecular weight excluding hydrogens is 334 g/mol. The number of methoxy groups -OCH3 is 2. The van der Waals surface area contributed by atoms with Gasteiger partial charge in [-0.3, -0.25) is 4.90 Å². The van der Waals surface area contributed by atoms with Crippen LogP contribution < -0.4 is 18.9 Å². The minimum atomic E-state index is 0.149. The van der Waals surface area contributed by atoms with Crippen LogP contribution in [0.15, 0.2) is 12.1 Å². The minimum Gasteiger partial charge on any atom is -0.504 e. The van der Waals surface area contributed by atoms with Crippen LogP contribution in [0.1, 0.15) is 22.7 Å². The zero-order valence-corrected chi connectivity index (χ0v) is 15.1. The van der Waals surface area contributed by atoms with E-state index in [0.717, 1.165) is 41.8 Å². The van der Waals surface area contributed by atoms with E-state index in [2.05, 4.69) is 11.9 Å². The second-order valence-electron chi connectivity index (χ2n) is 6.97. The summed E-state index contributed by atoms with van der Waals surface area (Å²) in [4.78, 5) is 2.36. The zero-order chi connectivity index (χ0) is 18.0. The summed E-state index contributed by atoms with van der Waals surface area (Å²) in [5.74, 6) is 2.67. The van der Waals surface area contributed by atoms with Crippen molar-refractivity contribution in [2.75, 3.05) is 34.6 Å². The molecule has 136 valence electrons. The predicted octanol–water partition coefficient (Wildman–Crippen LogP) is 2.89. The monoisotopic (exact) mass is 355 g/mol. The fourth-order valence-electron chi connectivity index (χ4n) is 4.60. The molecule has 0 unspecified atom stereocenters. The maximum Gasteiger partial charge on any atom is 0.231 e. The summed E-state index contributed by atoms with van der Waals surface area (Å²) in [6.07, 6.45) is 1.71. The van der Waals surface area contributed by atoms with Crippen LogP contribution in [0.5, 0.6) is 28.7 Å². The fourth-order valence-corrected chi connectivity index (χ4v) is 4.60. The molecule has 2 aromatic carbocycles. The Balaban J connectivity index is 1.92. The summed E-state index contributed by atoms with van der Waals surface area (Å²) in [5.41, 5.74) is 5.11. The number of fused-ring (bicyclic) bond motifs is 4. The molecular formula is C20H21NO5. The van der Waals surface area contributed by atoms with Crippen molar-refractivity contribution < 1.29 is 24.1 Å². The van der Waals surface area contributed by atoms with Gasteiger partial charge in [0.25, 0.3) is 0 Å². The van der Waals surface area contributed by atoms with E-state index in [0.29, 0.717) is 17.2 Å². The summed E-state index contributed by atoms with van der Waals surface area (Å²) < 4.78 is 22.7. The first kappa shape index (κ1) is 15.6. The molecule has 1 N–H and O–H groups in total. The van der Waals surface area contributed by atoms with Gasteiger partial charge in [-0.25, -0.2) is 0 Å². The molecule has 5 rings (SSSR count). The lowest BCUT2D eigenvalue weighted by Gasteiger charge is -2.40. The smallest absolute Gasteiger partial charge is 0.231 e. The number of ether oxygens (including phenoxy) is 4. The number of aromatic hydroxyl groups is 1. The van der Waals surface area contributed by atoms with Gasteiger partial charge in [0.2, 0.25) is 12.5 Å². The van der Waals surface area contributed by atoms with Gasteiger partial charge in [-0.1, -0.05) is 6.07 Å². The Morgan fingerprint density at radius 1 is 1.12 bits per heavy atom. The largest absolute Gasteiger partial charge is 0.504 e. The number of phenols is 1. The molecule has 3 aliphatic rings. The summed E-state index contributed by atoms with van der Waals surface area (Å²) >= 11 is 0. The van der Waals surface area contributed by atoms with Gasteiger partial charge in [-0.05, 0) is 37.1 Å². The Morgan fingerprint density at radius 2 is 1.92 bits per heavy atom. The molecule has 0 saturated heterocycles. The molecule has 0 radical (unpaired) electrons. The number of rotatable bonds is 2. The third-order valence-corrected chi connectivity index (χ3v) is 5.81. The lowest BCUT2D eigenvalue weighted by Crippen LogP contribution is -2.35. The lowest BCUT2D eigenvalue weighted by molar-refractivity contribution is 0.169. The maximum atomic E-state index is 10.9. The van der Waals surface area contributed by atoms with Crippen LogP contribution in [0.4, 0.5) is 0 Å². The molecule has 2 aromatic rings. The van der Waals surface area contributed by atoms with Crippen LogP contribution in [0.3, 0.4) is 0 Å². The van der Waals surface area contributed by atoms with Gasteiger partial charge >= 0.3 is 0 Å². The van der Waals surface area contributed by atoms with E-state index in [1.807, 2.05) is 12.1 Å². The highest BCUT2D eigenvalue weighted by Gasteiger charge is 2.41. The first-order chi connectivity index (χ1) is 12.7. The van der Waals surface area contributed by atoms with Gasteiger partial charge < -0.3 is 24.1 Å². The number of hydrogen-bond donors (Lipinski definition) is 1. The van der Waals surface area contributed by atoms with Crippen molar-refractivity contribution in [3.8, 4) is 39.9 Å². The topological polar surface area (TPSA) is 60.4 Å². The molecule has 0 amide bonds. The van der Waals surface area contributed by atoms with Crippen molar-refractivity contribution in [1.29, 1.82) is 0 Å². The van der Waals surface area contributed by atoms with Crippen LogP contribution in [0, 0.1) is 0 Å². The van der Waals surface area contributed by atoms with Crippen LogP contribution in [-0.2, 0) is 12.8 Å². The summed E-state index contributed by atoms with van der Waals surface area (Å²) in [6, 6.07) is 4.07. The van der Waals surface area contributed by atoms with Gasteiger partial charge in [-0.15, -0.1) is 0 Å². The molecule has 0 spiro atoms. The van der Waals surface area contributed by atoms with Crippen LogP contribution in [0.25, 0.3) is 11.1 Å². The average molecular weight is 355 g/mol. The van der Waals surface area contributed by atoms with Crippen molar-refractivity contribution in [2.24, 2.45) is 0 Å². The van der Waals surface area contributed by atoms with Crippen molar-refractivity contribution in [3.63, 3.8) is 0 Å². The number of hydrogen-bond acceptors (Lipinski definition) is 6. The zero-order valence-electron chi connectivity index (χ0n) is 15.1. The SMILES string of the molecule is COc1ccc2c(c1O)-c1c(OC)c3c(c4c1[C@H](C2)N(C)CC4)OCO3. The number of likely N-dealkylation sites (N-methyl/N-ethyl adjacent to an activating group) is 1. The Hall–Kier alpha value is -2.60. The minimum absolute atomic E-state index is 0.149. The van der Waals surface area contributed by atoms with Gasteiger partial charge in [0.15, 0.2) is 23.0 Å². The Bertz CT molecular complexity index is 923. The highest BCUT2D eigenvalue weighted by molar-refractivity contribution is 5.90. The molecule has 0 fully saturated rings. The van der Waals surface area contributed by atoms with Crippen molar-refractivity contribution in [2.45, 2.75) is 18.9 Å². The van der Waals surface area contributed by atoms with Crippen LogP contribution in [-0.4, -0.2) is 44.6 Å². The average Bonchev–Trinajstić information content (AvgIpc) is 3.13. The van der Waals surface area contributed by atoms with Crippen LogP contribution in [0.2, 0.25) is 0 Å². The van der Waals surface area contributed by atoms with E-state index in [1.165, 1.54) is 11.1 Å². The third-order valence-electron chi connectivity index (χ3n) is 5.81. The Kier molecular flexibility index (Phi) is 3.28. The molecule has 1 aliphatic carbocycles. The molecule has 0 bridgehead atoms. The standard InChI is InChI=1S/C20H21NO5/c1-21-7-6-11-15-12(21)8-10-4-5-13(23-2)17(22)14(10)16(15)19(24-3)20-18(11)25-9-26-20/h4-5,12,22H,6-9H2,1-3H3/t12-/m0/s1. The molecule has 6 heteroatoms. The Morgan fingerprint density at radius 3 is 2.69 bits per heavy atom. The van der Waals surface area contributed by atoms with Gasteiger partial charge in [0, 0.05) is 29.3 Å². The van der Waals surface area contributed by atoms with Crippen molar-refractivity contribution in [1.82, 2.24) is 4.90 Å². The van der Waals surface area contributed by atoms with Gasteiger partial charge in [0.1, 0.15) is 0 Å². The van der Waals surface area contributed by atoms with Gasteiger partial charge in [0.05, 0.1) is 14.2 Å². The highest BCUT2D eigenvalue weighted by atomic mass is 16.7. The summed E-state index contributed by atoms with van der Waals surface area (Å²) in [7, 11) is 5.34. The molecule has 2 heterocycles. The normalized spacial score (nSPS) is 19.7. The first-order valence-corrected chi connectivity index (χ1v) is 8.77. The number of benzene rings is 2. The Labute approximate surface area is 151 Å². The predicted molar refractivity (Wildman–Crippen MR) is 95.5 cm³/mol. The van der Waals surface area contributed by atoms with Crippen molar-refractivity contribution in [3.05, 3.63) is 28.8 Å². The lowest BCUT2D eigenvalue weighted by atomic mass is 9.76. The van der Waals surface area contributed by atoms with E-state index in [1.54, 1.807) is 14.2 Å². The molecule has 0 aromatic heterocycles. The van der Waals surface area contributed by atoms with Crippen LogP contribution >= 0.6 is 0 Å². The molecule has 6 nitrogen and oxygen atoms in total. The molecule has 0 saturated carbocycles. The second-order valence-corrected chi connectivity index (χ2v) is 6.97. The van der Waals surface area contributed by atoms with Crippen molar-refractivity contribution >= 4 is 0 Å². The third kappa shape index (κ3) is 1.85. The quantitative estimate of drug-likeness (QED) is 0.894.